The lowest BCUT2D eigenvalue weighted by Crippen LogP contribution is -2.42. The predicted octanol–water partition coefficient (Wildman–Crippen LogP) is 3.72. The molecule has 7 nitrogen and oxygen atoms in total. The van der Waals surface area contributed by atoms with Crippen molar-refractivity contribution < 1.29 is 18.4 Å². The lowest BCUT2D eigenvalue weighted by Gasteiger charge is -2.31. The average molecular weight is 439 g/mol. The first-order valence-electron chi connectivity index (χ1n) is 10.7. The van der Waals surface area contributed by atoms with Crippen LogP contribution in [-0.2, 0) is 11.3 Å². The van der Waals surface area contributed by atoms with Crippen molar-refractivity contribution in [2.24, 2.45) is 0 Å². The van der Waals surface area contributed by atoms with Gasteiger partial charge in [0.05, 0.1) is 19.6 Å². The molecule has 0 radical (unpaired) electrons. The van der Waals surface area contributed by atoms with Crippen LogP contribution in [0.4, 0.5) is 4.39 Å². The minimum Gasteiger partial charge on any atom is -0.497 e. The third-order valence-corrected chi connectivity index (χ3v) is 5.74. The molecule has 2 aromatic carbocycles. The highest BCUT2D eigenvalue weighted by Gasteiger charge is 2.28. The highest BCUT2D eigenvalue weighted by Crippen LogP contribution is 2.27. The average Bonchev–Trinajstić information content (AvgIpc) is 3.30. The van der Waals surface area contributed by atoms with Crippen LogP contribution in [0.15, 0.2) is 53.1 Å². The second-order valence-electron chi connectivity index (χ2n) is 8.14. The number of amides is 1. The van der Waals surface area contributed by atoms with Gasteiger partial charge < -0.3 is 14.2 Å². The van der Waals surface area contributed by atoms with Gasteiger partial charge in [0.2, 0.25) is 17.6 Å². The van der Waals surface area contributed by atoms with E-state index in [2.05, 4.69) is 15.0 Å². The molecule has 3 aromatic rings. The van der Waals surface area contributed by atoms with Crippen molar-refractivity contribution in [3.05, 3.63) is 65.8 Å². The molecule has 1 fully saturated rings. The molecule has 2 heterocycles. The molecular formula is C24H27FN4O3. The molecular weight excluding hydrogens is 411 g/mol. The van der Waals surface area contributed by atoms with Gasteiger partial charge >= 0.3 is 0 Å². The van der Waals surface area contributed by atoms with E-state index in [9.17, 15) is 9.18 Å². The maximum absolute atomic E-state index is 13.2. The minimum atomic E-state index is -0.304. The number of carbonyl (C=O) groups excluding carboxylic acids is 1. The number of methoxy groups -OCH3 is 1. The number of likely N-dealkylation sites (tertiary alicyclic amines) is 1. The second kappa shape index (κ2) is 9.91. The van der Waals surface area contributed by atoms with Crippen LogP contribution in [0, 0.1) is 5.82 Å². The highest BCUT2D eigenvalue weighted by atomic mass is 19.1. The van der Waals surface area contributed by atoms with Crippen LogP contribution in [-0.4, -0.2) is 59.6 Å². The van der Waals surface area contributed by atoms with Crippen LogP contribution in [0.3, 0.4) is 0 Å². The number of carbonyl (C=O) groups is 1. The fraction of sp³-hybridized carbons (Fsp3) is 0.375. The first-order valence-corrected chi connectivity index (χ1v) is 10.7. The number of rotatable bonds is 7. The molecule has 0 saturated carbocycles. The number of aromatic nitrogens is 2. The molecule has 1 saturated heterocycles. The molecule has 0 spiro atoms. The van der Waals surface area contributed by atoms with Gasteiger partial charge in [0.1, 0.15) is 11.6 Å². The molecule has 1 atom stereocenters. The van der Waals surface area contributed by atoms with Crippen molar-refractivity contribution >= 4 is 5.91 Å². The maximum Gasteiger partial charge on any atom is 0.236 e. The van der Waals surface area contributed by atoms with Crippen LogP contribution < -0.4 is 4.74 Å². The van der Waals surface area contributed by atoms with Gasteiger partial charge in [0.25, 0.3) is 0 Å². The summed E-state index contributed by atoms with van der Waals surface area (Å²) in [5, 5.41) is 4.05. The number of hydrogen-bond donors (Lipinski definition) is 0. The Morgan fingerprint density at radius 1 is 1.28 bits per heavy atom. The zero-order valence-electron chi connectivity index (χ0n) is 18.3. The van der Waals surface area contributed by atoms with Crippen LogP contribution >= 0.6 is 0 Å². The summed E-state index contributed by atoms with van der Waals surface area (Å²) in [4.78, 5) is 21.2. The molecule has 0 aliphatic carbocycles. The molecule has 1 aromatic heterocycles. The van der Waals surface area contributed by atoms with E-state index in [-0.39, 0.29) is 17.6 Å². The Bertz CT molecular complexity index is 1050. The quantitative estimate of drug-likeness (QED) is 0.560. The Balaban J connectivity index is 1.34. The van der Waals surface area contributed by atoms with Crippen molar-refractivity contribution in [3.63, 3.8) is 0 Å². The third-order valence-electron chi connectivity index (χ3n) is 5.74. The third kappa shape index (κ3) is 5.31. The molecule has 0 N–H and O–H groups in total. The number of hydrogen-bond acceptors (Lipinski definition) is 6. The van der Waals surface area contributed by atoms with Gasteiger partial charge in [-0.15, -0.1) is 0 Å². The van der Waals surface area contributed by atoms with Gasteiger partial charge in [-0.3, -0.25) is 9.69 Å². The molecule has 32 heavy (non-hydrogen) atoms. The summed E-state index contributed by atoms with van der Waals surface area (Å²) < 4.78 is 23.9. The number of halogens is 1. The summed E-state index contributed by atoms with van der Waals surface area (Å²) in [6.45, 7) is 2.41. The Labute approximate surface area is 186 Å². The molecule has 168 valence electrons. The summed E-state index contributed by atoms with van der Waals surface area (Å²) in [5.74, 6) is 1.62. The first kappa shape index (κ1) is 22.0. The van der Waals surface area contributed by atoms with Crippen molar-refractivity contribution in [2.75, 3.05) is 33.8 Å². The fourth-order valence-corrected chi connectivity index (χ4v) is 3.96. The summed E-state index contributed by atoms with van der Waals surface area (Å²) in [6.07, 6.45) is 1.88. The number of likely N-dealkylation sites (N-methyl/N-ethyl adjacent to an activating group) is 1. The molecule has 1 unspecified atom stereocenters. The Kier molecular flexibility index (Phi) is 6.80. The summed E-state index contributed by atoms with van der Waals surface area (Å²) in [5.41, 5.74) is 1.74. The zero-order valence-corrected chi connectivity index (χ0v) is 18.3. The largest absolute Gasteiger partial charge is 0.497 e. The van der Waals surface area contributed by atoms with E-state index in [1.165, 1.54) is 12.1 Å². The Morgan fingerprint density at radius 2 is 2.09 bits per heavy atom. The van der Waals surface area contributed by atoms with Crippen molar-refractivity contribution in [2.45, 2.75) is 25.3 Å². The second-order valence-corrected chi connectivity index (χ2v) is 8.14. The lowest BCUT2D eigenvalue weighted by atomic mass is 9.98. The first-order chi connectivity index (χ1) is 15.5. The molecule has 1 aliphatic heterocycles. The molecule has 0 bridgehead atoms. The number of piperidine rings is 1. The van der Waals surface area contributed by atoms with E-state index in [4.69, 9.17) is 9.26 Å². The number of ether oxygens (including phenoxy) is 1. The van der Waals surface area contributed by atoms with Gasteiger partial charge in [-0.2, -0.15) is 4.98 Å². The van der Waals surface area contributed by atoms with E-state index in [0.717, 1.165) is 30.7 Å². The molecule has 1 aliphatic rings. The number of benzene rings is 2. The van der Waals surface area contributed by atoms with Gasteiger partial charge in [-0.25, -0.2) is 4.39 Å². The molecule has 8 heteroatoms. The standard InChI is InChI=1S/C24H27FN4O3/c1-28(14-17-5-3-7-21(13-17)31-2)22(30)16-29-12-4-6-19(15-29)24-26-23(27-32-24)18-8-10-20(25)11-9-18/h3,5,7-11,13,19H,4,6,12,14-16H2,1-2H3. The normalized spacial score (nSPS) is 16.7. The summed E-state index contributed by atoms with van der Waals surface area (Å²) in [7, 11) is 3.45. The van der Waals surface area contributed by atoms with Crippen LogP contribution in [0.1, 0.15) is 30.2 Å². The predicted molar refractivity (Wildman–Crippen MR) is 118 cm³/mol. The van der Waals surface area contributed by atoms with Gasteiger partial charge in [-0.1, -0.05) is 17.3 Å². The molecule has 1 amide bonds. The van der Waals surface area contributed by atoms with Gasteiger partial charge in [-0.05, 0) is 61.3 Å². The SMILES string of the molecule is COc1cccc(CN(C)C(=O)CN2CCCC(c3nc(-c4ccc(F)cc4)no3)C2)c1. The van der Waals surface area contributed by atoms with Gasteiger partial charge in [0, 0.05) is 25.7 Å². The van der Waals surface area contributed by atoms with E-state index in [1.54, 1.807) is 24.1 Å². The zero-order chi connectivity index (χ0) is 22.5. The topological polar surface area (TPSA) is 71.7 Å². The van der Waals surface area contributed by atoms with Crippen molar-refractivity contribution in [1.29, 1.82) is 0 Å². The van der Waals surface area contributed by atoms with E-state index < -0.39 is 0 Å². The smallest absolute Gasteiger partial charge is 0.236 e. The van der Waals surface area contributed by atoms with Crippen molar-refractivity contribution in [3.8, 4) is 17.1 Å². The summed E-state index contributed by atoms with van der Waals surface area (Å²) in [6, 6.07) is 13.8. The maximum atomic E-state index is 13.2. The molecule has 4 rings (SSSR count). The van der Waals surface area contributed by atoms with Crippen LogP contribution in [0.25, 0.3) is 11.4 Å². The Morgan fingerprint density at radius 3 is 2.88 bits per heavy atom. The lowest BCUT2D eigenvalue weighted by molar-refractivity contribution is -0.132. The van der Waals surface area contributed by atoms with Crippen molar-refractivity contribution in [1.82, 2.24) is 19.9 Å². The van der Waals surface area contributed by atoms with E-state index in [1.807, 2.05) is 31.3 Å². The van der Waals surface area contributed by atoms with Crippen LogP contribution in [0.2, 0.25) is 0 Å². The fourth-order valence-electron chi connectivity index (χ4n) is 3.96. The van der Waals surface area contributed by atoms with E-state index in [0.29, 0.717) is 36.9 Å². The van der Waals surface area contributed by atoms with Gasteiger partial charge in [0.15, 0.2) is 0 Å². The Hall–Kier alpha value is -3.26. The van der Waals surface area contributed by atoms with E-state index >= 15 is 0 Å². The minimum absolute atomic E-state index is 0.0611. The van der Waals surface area contributed by atoms with Crippen LogP contribution in [0.5, 0.6) is 5.75 Å². The highest BCUT2D eigenvalue weighted by molar-refractivity contribution is 5.78. The monoisotopic (exact) mass is 438 g/mol. The number of nitrogens with zero attached hydrogens (tertiary/aromatic N) is 4. The summed E-state index contributed by atoms with van der Waals surface area (Å²) >= 11 is 0.